The molecule has 4 fully saturated rings. The highest BCUT2D eigenvalue weighted by Crippen LogP contribution is 2.53. The summed E-state index contributed by atoms with van der Waals surface area (Å²) in [5, 5.41) is 8.66. The Morgan fingerprint density at radius 2 is 1.72 bits per heavy atom. The number of piperidine rings is 3. The van der Waals surface area contributed by atoms with Gasteiger partial charge in [0.25, 0.3) is 0 Å². The van der Waals surface area contributed by atoms with Gasteiger partial charge in [0.2, 0.25) is 11.8 Å². The summed E-state index contributed by atoms with van der Waals surface area (Å²) in [6.07, 6.45) is 2.55. The minimum atomic E-state index is -0.461. The van der Waals surface area contributed by atoms with Crippen LogP contribution in [-0.2, 0) is 14.3 Å². The molecule has 1 saturated carbocycles. The Morgan fingerprint density at radius 3 is 2.33 bits per heavy atom. The number of rotatable bonds is 6. The second kappa shape index (κ2) is 9.92. The number of nitrogens with one attached hydrogen (secondary N) is 3. The number of imide groups is 1. The Labute approximate surface area is 213 Å². The van der Waals surface area contributed by atoms with Crippen molar-refractivity contribution in [3.05, 3.63) is 24.3 Å². The van der Waals surface area contributed by atoms with E-state index in [1.54, 1.807) is 0 Å². The zero-order valence-corrected chi connectivity index (χ0v) is 21.6. The standard InChI is InChI=1S/C27H39N5O4/c1-27(2,3)36-26(35)29-18-10-12-31(13-11-18)14-20-21-15-32(16-22(20)21)19-6-4-17(5-7-19)28-23-8-9-24(33)30-25(23)34/h4-7,18,20-23,28H,8-16H2,1-3H3,(H,29,35)(H,30,33,34). The third-order valence-electron chi connectivity index (χ3n) is 7.96. The zero-order chi connectivity index (χ0) is 25.4. The van der Waals surface area contributed by atoms with Crippen molar-refractivity contribution in [3.63, 3.8) is 0 Å². The predicted octanol–water partition coefficient (Wildman–Crippen LogP) is 2.58. The van der Waals surface area contributed by atoms with Crippen LogP contribution in [0.3, 0.4) is 0 Å². The van der Waals surface area contributed by atoms with Gasteiger partial charge in [-0.25, -0.2) is 4.79 Å². The molecule has 0 spiro atoms. The van der Waals surface area contributed by atoms with E-state index in [0.717, 1.165) is 69.0 Å². The molecule has 9 heteroatoms. The zero-order valence-electron chi connectivity index (χ0n) is 21.6. The number of anilines is 2. The first-order valence-corrected chi connectivity index (χ1v) is 13.3. The van der Waals surface area contributed by atoms with Crippen LogP contribution in [0.4, 0.5) is 16.2 Å². The van der Waals surface area contributed by atoms with Crippen molar-refractivity contribution in [3.8, 4) is 0 Å². The molecular formula is C27H39N5O4. The van der Waals surface area contributed by atoms with Gasteiger partial charge in [0.05, 0.1) is 0 Å². The van der Waals surface area contributed by atoms with Crippen molar-refractivity contribution in [1.29, 1.82) is 0 Å². The van der Waals surface area contributed by atoms with Crippen LogP contribution in [0.15, 0.2) is 24.3 Å². The van der Waals surface area contributed by atoms with Crippen LogP contribution in [0.1, 0.15) is 46.5 Å². The van der Waals surface area contributed by atoms with Gasteiger partial charge < -0.3 is 25.2 Å². The molecule has 1 aromatic rings. The lowest BCUT2D eigenvalue weighted by molar-refractivity contribution is -0.133. The fourth-order valence-corrected chi connectivity index (χ4v) is 5.96. The average Bonchev–Trinajstić information content (AvgIpc) is 3.23. The molecule has 1 aromatic carbocycles. The third-order valence-corrected chi connectivity index (χ3v) is 7.96. The molecule has 3 saturated heterocycles. The lowest BCUT2D eigenvalue weighted by atomic mass is 10.0. The van der Waals surface area contributed by atoms with E-state index in [1.807, 2.05) is 32.9 Å². The van der Waals surface area contributed by atoms with Gasteiger partial charge in [-0.1, -0.05) is 0 Å². The number of amides is 3. The van der Waals surface area contributed by atoms with Crippen LogP contribution in [0.25, 0.3) is 0 Å². The topological polar surface area (TPSA) is 103 Å². The molecule has 0 aromatic heterocycles. The normalized spacial score (nSPS) is 28.9. The van der Waals surface area contributed by atoms with E-state index < -0.39 is 5.60 Å². The van der Waals surface area contributed by atoms with E-state index in [-0.39, 0.29) is 30.0 Å². The van der Waals surface area contributed by atoms with E-state index in [0.29, 0.717) is 12.8 Å². The van der Waals surface area contributed by atoms with Gasteiger partial charge in [0, 0.05) is 56.6 Å². The summed E-state index contributed by atoms with van der Waals surface area (Å²) in [5.74, 6) is 1.88. The van der Waals surface area contributed by atoms with E-state index in [9.17, 15) is 14.4 Å². The first kappa shape index (κ1) is 24.9. The van der Waals surface area contributed by atoms with Gasteiger partial charge in [0.1, 0.15) is 11.6 Å². The highest BCUT2D eigenvalue weighted by molar-refractivity contribution is 6.01. The molecule has 4 aliphatic rings. The van der Waals surface area contributed by atoms with Crippen molar-refractivity contribution >= 4 is 29.3 Å². The van der Waals surface area contributed by atoms with Crippen molar-refractivity contribution in [2.24, 2.45) is 17.8 Å². The van der Waals surface area contributed by atoms with Gasteiger partial charge in [-0.3, -0.25) is 14.9 Å². The predicted molar refractivity (Wildman–Crippen MR) is 138 cm³/mol. The van der Waals surface area contributed by atoms with Gasteiger partial charge in [-0.2, -0.15) is 0 Å². The highest BCUT2D eigenvalue weighted by atomic mass is 16.6. The number of hydrogen-bond acceptors (Lipinski definition) is 7. The summed E-state index contributed by atoms with van der Waals surface area (Å²) < 4.78 is 5.39. The Morgan fingerprint density at radius 1 is 1.06 bits per heavy atom. The first-order chi connectivity index (χ1) is 17.1. The molecule has 3 unspecified atom stereocenters. The lowest BCUT2D eigenvalue weighted by Crippen LogP contribution is -2.47. The molecule has 3 heterocycles. The van der Waals surface area contributed by atoms with Crippen molar-refractivity contribution < 1.29 is 19.1 Å². The average molecular weight is 498 g/mol. The Balaban J connectivity index is 1.02. The maximum atomic E-state index is 12.0. The van der Waals surface area contributed by atoms with Crippen LogP contribution in [-0.4, -0.2) is 73.2 Å². The Hall–Kier alpha value is -2.81. The fraction of sp³-hybridized carbons (Fsp3) is 0.667. The fourth-order valence-electron chi connectivity index (χ4n) is 5.96. The number of ether oxygens (including phenoxy) is 1. The first-order valence-electron chi connectivity index (χ1n) is 13.3. The quantitative estimate of drug-likeness (QED) is 0.519. The van der Waals surface area contributed by atoms with E-state index in [2.05, 4.69) is 37.9 Å². The molecule has 36 heavy (non-hydrogen) atoms. The van der Waals surface area contributed by atoms with Crippen molar-refractivity contribution in [2.45, 2.75) is 64.1 Å². The summed E-state index contributed by atoms with van der Waals surface area (Å²) in [6.45, 7) is 11.1. The lowest BCUT2D eigenvalue weighted by Gasteiger charge is -2.33. The van der Waals surface area contributed by atoms with Gasteiger partial charge in [-0.15, -0.1) is 0 Å². The molecule has 0 bridgehead atoms. The summed E-state index contributed by atoms with van der Waals surface area (Å²) in [4.78, 5) is 40.4. The van der Waals surface area contributed by atoms with Crippen molar-refractivity contribution in [1.82, 2.24) is 15.5 Å². The molecular weight excluding hydrogens is 458 g/mol. The maximum Gasteiger partial charge on any atom is 0.407 e. The van der Waals surface area contributed by atoms with Crippen molar-refractivity contribution in [2.75, 3.05) is 42.9 Å². The molecule has 3 amide bonds. The van der Waals surface area contributed by atoms with Crippen LogP contribution in [0.2, 0.25) is 0 Å². The van der Waals surface area contributed by atoms with Crippen LogP contribution >= 0.6 is 0 Å². The second-order valence-electron chi connectivity index (χ2n) is 11.8. The van der Waals surface area contributed by atoms with Gasteiger partial charge in [-0.05, 0) is 82.1 Å². The number of carbonyl (C=O) groups excluding carboxylic acids is 3. The molecule has 3 atom stereocenters. The summed E-state index contributed by atoms with van der Waals surface area (Å²) in [6, 6.07) is 8.14. The number of nitrogens with zero attached hydrogens (tertiary/aromatic N) is 2. The minimum absolute atomic E-state index is 0.195. The maximum absolute atomic E-state index is 12.0. The monoisotopic (exact) mass is 497 g/mol. The number of carbonyl (C=O) groups is 3. The molecule has 196 valence electrons. The molecule has 0 radical (unpaired) electrons. The molecule has 1 aliphatic carbocycles. The van der Waals surface area contributed by atoms with Crippen LogP contribution in [0.5, 0.6) is 0 Å². The van der Waals surface area contributed by atoms with E-state index >= 15 is 0 Å². The van der Waals surface area contributed by atoms with Gasteiger partial charge >= 0.3 is 6.09 Å². The summed E-state index contributed by atoms with van der Waals surface area (Å²) in [7, 11) is 0. The minimum Gasteiger partial charge on any atom is -0.444 e. The molecule has 5 rings (SSSR count). The third kappa shape index (κ3) is 5.94. The number of likely N-dealkylation sites (tertiary alicyclic amines) is 1. The SMILES string of the molecule is CC(C)(C)OC(=O)NC1CCN(CC2C3CN(c4ccc(NC5CCC(=O)NC5=O)cc4)CC23)CC1. The molecule has 3 aliphatic heterocycles. The number of alkyl carbamates (subject to hydrolysis) is 1. The largest absolute Gasteiger partial charge is 0.444 e. The van der Waals surface area contributed by atoms with E-state index in [4.69, 9.17) is 4.74 Å². The molecule has 3 N–H and O–H groups in total. The number of fused-ring (bicyclic) bond motifs is 1. The van der Waals surface area contributed by atoms with Crippen LogP contribution in [0, 0.1) is 17.8 Å². The van der Waals surface area contributed by atoms with Gasteiger partial charge in [0.15, 0.2) is 0 Å². The summed E-state index contributed by atoms with van der Waals surface area (Å²) in [5.41, 5.74) is 1.67. The number of benzene rings is 1. The highest BCUT2D eigenvalue weighted by Gasteiger charge is 2.55. The Bertz CT molecular complexity index is 971. The second-order valence-corrected chi connectivity index (χ2v) is 11.8. The Kier molecular flexibility index (Phi) is 6.85. The van der Waals surface area contributed by atoms with Crippen LogP contribution < -0.4 is 20.9 Å². The summed E-state index contributed by atoms with van der Waals surface area (Å²) >= 11 is 0. The molecule has 9 nitrogen and oxygen atoms in total. The number of hydrogen-bond donors (Lipinski definition) is 3. The smallest absolute Gasteiger partial charge is 0.407 e. The van der Waals surface area contributed by atoms with E-state index in [1.165, 1.54) is 5.69 Å².